The zero-order chi connectivity index (χ0) is 39.6. The van der Waals surface area contributed by atoms with Crippen LogP contribution in [0.15, 0.2) is 203 Å². The van der Waals surface area contributed by atoms with Gasteiger partial charge in [-0.3, -0.25) is 0 Å². The molecular formula is C54H32N4O2. The lowest BCUT2D eigenvalue weighted by molar-refractivity contribution is 0.618. The number of fused-ring (bicyclic) bond motifs is 6. The van der Waals surface area contributed by atoms with Crippen LogP contribution in [0.25, 0.3) is 122 Å². The van der Waals surface area contributed by atoms with Gasteiger partial charge in [0.05, 0.1) is 0 Å². The van der Waals surface area contributed by atoms with E-state index in [0.717, 1.165) is 88.1 Å². The molecule has 0 saturated carbocycles. The normalized spacial score (nSPS) is 11.7. The molecule has 60 heavy (non-hydrogen) atoms. The Kier molecular flexibility index (Phi) is 7.74. The molecule has 0 amide bonds. The molecule has 0 spiro atoms. The van der Waals surface area contributed by atoms with E-state index in [1.165, 1.54) is 5.39 Å². The predicted octanol–water partition coefficient (Wildman–Crippen LogP) is 14.2. The molecule has 0 saturated heterocycles. The molecule has 0 aliphatic rings. The van der Waals surface area contributed by atoms with E-state index in [2.05, 4.69) is 109 Å². The summed E-state index contributed by atoms with van der Waals surface area (Å²) in [5.74, 6) is 2.52. The van der Waals surface area contributed by atoms with E-state index in [0.29, 0.717) is 28.9 Å². The van der Waals surface area contributed by atoms with Crippen molar-refractivity contribution in [3.05, 3.63) is 194 Å². The molecule has 280 valence electrons. The second kappa shape index (κ2) is 13.7. The molecule has 0 aliphatic heterocycles. The number of oxazole rings is 1. The fraction of sp³-hybridized carbons (Fsp3) is 0. The highest BCUT2D eigenvalue weighted by Crippen LogP contribution is 2.40. The molecule has 3 heterocycles. The van der Waals surface area contributed by atoms with E-state index in [4.69, 9.17) is 28.8 Å². The van der Waals surface area contributed by atoms with E-state index in [-0.39, 0.29) is 0 Å². The molecule has 0 N–H and O–H groups in total. The van der Waals surface area contributed by atoms with E-state index in [1.54, 1.807) is 0 Å². The van der Waals surface area contributed by atoms with Gasteiger partial charge in [0.1, 0.15) is 16.7 Å². The molecule has 0 fully saturated rings. The molecule has 9 aromatic carbocycles. The number of nitrogens with zero attached hydrogens (tertiary/aromatic N) is 4. The lowest BCUT2D eigenvalue weighted by Gasteiger charge is -2.13. The van der Waals surface area contributed by atoms with Crippen LogP contribution in [-0.2, 0) is 0 Å². The van der Waals surface area contributed by atoms with Crippen LogP contribution in [0.1, 0.15) is 0 Å². The van der Waals surface area contributed by atoms with Crippen LogP contribution < -0.4 is 0 Å². The van der Waals surface area contributed by atoms with Gasteiger partial charge >= 0.3 is 0 Å². The van der Waals surface area contributed by atoms with Crippen molar-refractivity contribution in [2.24, 2.45) is 0 Å². The lowest BCUT2D eigenvalue weighted by atomic mass is 9.91. The van der Waals surface area contributed by atoms with Gasteiger partial charge in [0.2, 0.25) is 5.89 Å². The maximum atomic E-state index is 6.52. The Morgan fingerprint density at radius 2 is 0.817 bits per heavy atom. The Bertz CT molecular complexity index is 3530. The van der Waals surface area contributed by atoms with Crippen LogP contribution in [0.5, 0.6) is 0 Å². The Balaban J connectivity index is 0.890. The minimum atomic E-state index is 0.602. The van der Waals surface area contributed by atoms with E-state index in [9.17, 15) is 0 Å². The topological polar surface area (TPSA) is 77.8 Å². The standard InChI is InChI=1S/C54H32N4O2/c1-3-13-35(14-4-1)51-56-52(36-15-5-2-6-16-36)58-53(57-51)37-24-22-34(23-25-37)40-28-29-41(43-20-10-9-19-42(40)43)38-26-27-44-46-31-47-50(32-49(46)59-48(44)30-38)60-54(55-47)45-21-11-17-33-12-7-8-18-39(33)45/h1-32H. The van der Waals surface area contributed by atoms with Crippen LogP contribution in [0.3, 0.4) is 0 Å². The Hall–Kier alpha value is -8.22. The molecule has 6 nitrogen and oxygen atoms in total. The zero-order valence-corrected chi connectivity index (χ0v) is 32.1. The summed E-state index contributed by atoms with van der Waals surface area (Å²) < 4.78 is 12.9. The van der Waals surface area contributed by atoms with Crippen LogP contribution in [0.4, 0.5) is 0 Å². The third kappa shape index (κ3) is 5.73. The molecule has 6 heteroatoms. The summed E-state index contributed by atoms with van der Waals surface area (Å²) in [4.78, 5) is 19.6. The molecule has 0 atom stereocenters. The first kappa shape index (κ1) is 33.9. The van der Waals surface area contributed by atoms with Gasteiger partial charge in [-0.25, -0.2) is 19.9 Å². The molecule has 3 aromatic heterocycles. The second-order valence-corrected chi connectivity index (χ2v) is 15.0. The summed E-state index contributed by atoms with van der Waals surface area (Å²) in [6, 6.07) is 66.7. The Morgan fingerprint density at radius 3 is 1.50 bits per heavy atom. The predicted molar refractivity (Wildman–Crippen MR) is 242 cm³/mol. The average molecular weight is 769 g/mol. The summed E-state index contributed by atoms with van der Waals surface area (Å²) in [5.41, 5.74) is 11.3. The van der Waals surface area contributed by atoms with Gasteiger partial charge in [0.15, 0.2) is 23.1 Å². The first-order valence-corrected chi connectivity index (χ1v) is 20.0. The molecule has 12 aromatic rings. The van der Waals surface area contributed by atoms with Crippen LogP contribution in [-0.4, -0.2) is 19.9 Å². The van der Waals surface area contributed by atoms with Crippen molar-refractivity contribution in [3.63, 3.8) is 0 Å². The number of hydrogen-bond acceptors (Lipinski definition) is 6. The number of benzene rings is 9. The molecular weight excluding hydrogens is 737 g/mol. The summed E-state index contributed by atoms with van der Waals surface area (Å²) in [5, 5.41) is 6.63. The van der Waals surface area contributed by atoms with E-state index < -0.39 is 0 Å². The SMILES string of the molecule is c1ccc(-c2nc(-c3ccccc3)nc(-c3ccc(-c4ccc(-c5ccc6c(c5)oc5cc7oc(-c8cccc9ccccc89)nc7cc56)c5ccccc45)cc3)n2)cc1. The second-order valence-electron chi connectivity index (χ2n) is 15.0. The number of rotatable bonds is 6. The van der Waals surface area contributed by atoms with Gasteiger partial charge < -0.3 is 8.83 Å². The van der Waals surface area contributed by atoms with Gasteiger partial charge in [-0.2, -0.15) is 0 Å². The number of hydrogen-bond donors (Lipinski definition) is 0. The lowest BCUT2D eigenvalue weighted by Crippen LogP contribution is -2.00. The molecule has 12 rings (SSSR count). The highest BCUT2D eigenvalue weighted by molar-refractivity contribution is 6.11. The zero-order valence-electron chi connectivity index (χ0n) is 32.1. The minimum Gasteiger partial charge on any atom is -0.456 e. The third-order valence-corrected chi connectivity index (χ3v) is 11.4. The van der Waals surface area contributed by atoms with Gasteiger partial charge in [-0.15, -0.1) is 0 Å². The largest absolute Gasteiger partial charge is 0.456 e. The van der Waals surface area contributed by atoms with Crippen molar-refractivity contribution in [1.82, 2.24) is 19.9 Å². The first-order valence-electron chi connectivity index (χ1n) is 20.0. The number of aromatic nitrogens is 4. The van der Waals surface area contributed by atoms with Crippen LogP contribution in [0.2, 0.25) is 0 Å². The van der Waals surface area contributed by atoms with Gasteiger partial charge in [0, 0.05) is 39.1 Å². The summed E-state index contributed by atoms with van der Waals surface area (Å²) >= 11 is 0. The summed E-state index contributed by atoms with van der Waals surface area (Å²) in [6.07, 6.45) is 0. The fourth-order valence-electron chi connectivity index (χ4n) is 8.43. The van der Waals surface area contributed by atoms with Crippen LogP contribution in [0, 0.1) is 0 Å². The molecule has 0 bridgehead atoms. The summed E-state index contributed by atoms with van der Waals surface area (Å²) in [6.45, 7) is 0. The molecule has 0 aliphatic carbocycles. The third-order valence-electron chi connectivity index (χ3n) is 11.4. The maximum Gasteiger partial charge on any atom is 0.227 e. The first-order chi connectivity index (χ1) is 29.7. The van der Waals surface area contributed by atoms with Crippen molar-refractivity contribution in [3.8, 4) is 67.9 Å². The summed E-state index contributed by atoms with van der Waals surface area (Å²) in [7, 11) is 0. The quantitative estimate of drug-likeness (QED) is 0.168. The van der Waals surface area contributed by atoms with E-state index in [1.807, 2.05) is 84.9 Å². The van der Waals surface area contributed by atoms with Crippen molar-refractivity contribution in [2.75, 3.05) is 0 Å². The monoisotopic (exact) mass is 768 g/mol. The number of furan rings is 1. The van der Waals surface area contributed by atoms with E-state index >= 15 is 0 Å². The van der Waals surface area contributed by atoms with Crippen LogP contribution >= 0.6 is 0 Å². The Labute approximate surface area is 344 Å². The molecule has 0 unspecified atom stereocenters. The van der Waals surface area contributed by atoms with Crippen molar-refractivity contribution < 1.29 is 8.83 Å². The maximum absolute atomic E-state index is 6.52. The van der Waals surface area contributed by atoms with Gasteiger partial charge in [0.25, 0.3) is 0 Å². The smallest absolute Gasteiger partial charge is 0.227 e. The highest BCUT2D eigenvalue weighted by Gasteiger charge is 2.18. The van der Waals surface area contributed by atoms with Crippen molar-refractivity contribution in [2.45, 2.75) is 0 Å². The minimum absolute atomic E-state index is 0.602. The van der Waals surface area contributed by atoms with Crippen molar-refractivity contribution in [1.29, 1.82) is 0 Å². The van der Waals surface area contributed by atoms with Crippen molar-refractivity contribution >= 4 is 54.6 Å². The highest BCUT2D eigenvalue weighted by atomic mass is 16.4. The fourth-order valence-corrected chi connectivity index (χ4v) is 8.43. The molecule has 0 radical (unpaired) electrons. The van der Waals surface area contributed by atoms with Gasteiger partial charge in [-0.05, 0) is 68.1 Å². The average Bonchev–Trinajstić information content (AvgIpc) is 3.90. The van der Waals surface area contributed by atoms with Gasteiger partial charge in [-0.1, -0.05) is 164 Å². The Morgan fingerprint density at radius 1 is 0.283 bits per heavy atom.